The van der Waals surface area contributed by atoms with Crippen LogP contribution in [0.1, 0.15) is 44.4 Å². The Morgan fingerprint density at radius 1 is 0.720 bits per heavy atom. The van der Waals surface area contributed by atoms with Gasteiger partial charge in [-0.1, -0.05) is 76.8 Å². The topological polar surface area (TPSA) is 0 Å². The summed E-state index contributed by atoms with van der Waals surface area (Å²) in [6, 6.07) is 18.0. The quantitative estimate of drug-likeness (QED) is 0.582. The van der Waals surface area contributed by atoms with Crippen molar-refractivity contribution in [3.8, 4) is 0 Å². The molecule has 25 heavy (non-hydrogen) atoms. The van der Waals surface area contributed by atoms with Gasteiger partial charge in [0.15, 0.2) is 0 Å². The van der Waals surface area contributed by atoms with Gasteiger partial charge in [0.1, 0.15) is 0 Å². The van der Waals surface area contributed by atoms with E-state index in [9.17, 15) is 0 Å². The fourth-order valence-corrected chi connectivity index (χ4v) is 5.30. The molecular weight excluding hydrogens is 311 g/mol. The predicted octanol–water partition coefficient (Wildman–Crippen LogP) is 2.58. The van der Waals surface area contributed by atoms with Crippen LogP contribution in [-0.4, -0.2) is 8.07 Å². The Balaban J connectivity index is 0.00000225. The van der Waals surface area contributed by atoms with Gasteiger partial charge in [-0.15, -0.1) is 17.7 Å². The van der Waals surface area contributed by atoms with E-state index in [1.807, 2.05) is 0 Å². The number of allylic oxidation sites excluding steroid dienone is 1. The maximum Gasteiger partial charge on any atom is 1.00 e. The number of rotatable bonds is 2. The third-order valence-corrected chi connectivity index (χ3v) is 7.61. The Kier molecular flexibility index (Phi) is 5.38. The molecular formula is C23H29LiSi. The monoisotopic (exact) mass is 340 g/mol. The third kappa shape index (κ3) is 3.48. The van der Waals surface area contributed by atoms with Crippen LogP contribution in [0.2, 0.25) is 19.6 Å². The second-order valence-electron chi connectivity index (χ2n) is 9.12. The van der Waals surface area contributed by atoms with Crippen molar-refractivity contribution in [2.75, 3.05) is 0 Å². The van der Waals surface area contributed by atoms with Crippen LogP contribution in [0, 0.1) is 6.08 Å². The van der Waals surface area contributed by atoms with E-state index in [1.165, 1.54) is 27.5 Å². The summed E-state index contributed by atoms with van der Waals surface area (Å²) < 4.78 is 0. The van der Waals surface area contributed by atoms with Crippen molar-refractivity contribution < 1.29 is 18.9 Å². The van der Waals surface area contributed by atoms with E-state index in [4.69, 9.17) is 0 Å². The average molecular weight is 341 g/mol. The molecule has 126 valence electrons. The first kappa shape index (κ1) is 20.3. The minimum Gasteiger partial charge on any atom is -0.193 e. The molecule has 0 saturated heterocycles. The van der Waals surface area contributed by atoms with E-state index >= 15 is 0 Å². The maximum atomic E-state index is 3.78. The molecule has 0 aliphatic heterocycles. The average Bonchev–Trinajstić information content (AvgIpc) is 2.65. The van der Waals surface area contributed by atoms with Crippen molar-refractivity contribution in [3.05, 3.63) is 76.9 Å². The van der Waals surface area contributed by atoms with Gasteiger partial charge in [0.2, 0.25) is 0 Å². The second kappa shape index (κ2) is 6.62. The first-order valence-electron chi connectivity index (χ1n) is 8.90. The van der Waals surface area contributed by atoms with Crippen molar-refractivity contribution in [2.24, 2.45) is 0 Å². The Morgan fingerprint density at radius 2 is 1.16 bits per heavy atom. The third-order valence-electron chi connectivity index (χ3n) is 5.54. The van der Waals surface area contributed by atoms with Gasteiger partial charge in [-0.25, -0.2) is 0 Å². The van der Waals surface area contributed by atoms with Crippen molar-refractivity contribution in [1.82, 2.24) is 0 Å². The molecule has 0 nitrogen and oxygen atoms in total. The molecule has 0 amide bonds. The van der Waals surface area contributed by atoms with Crippen LogP contribution < -0.4 is 24.0 Å². The molecule has 0 unspecified atom stereocenters. The van der Waals surface area contributed by atoms with Crippen molar-refractivity contribution in [1.29, 1.82) is 0 Å². The molecule has 2 heteroatoms. The van der Waals surface area contributed by atoms with Gasteiger partial charge in [0.25, 0.3) is 0 Å². The van der Waals surface area contributed by atoms with Crippen molar-refractivity contribution in [3.63, 3.8) is 0 Å². The first-order chi connectivity index (χ1) is 11.0. The molecule has 2 aromatic carbocycles. The molecule has 3 rings (SSSR count). The van der Waals surface area contributed by atoms with Gasteiger partial charge in [-0.2, -0.15) is 23.8 Å². The molecule has 0 atom stereocenters. The van der Waals surface area contributed by atoms with E-state index in [2.05, 4.69) is 102 Å². The standard InChI is InChI=1S/C23H29Si.Li/c1-22(2)19-10-8-9-11-20(19)23(3,4)21(22)16-17-12-14-18(15-13-17)24(5,6)7;/h8-15H,1-7H3;/q-1;+1. The van der Waals surface area contributed by atoms with E-state index in [1.54, 1.807) is 0 Å². The van der Waals surface area contributed by atoms with E-state index < -0.39 is 8.07 Å². The maximum absolute atomic E-state index is 3.78. The summed E-state index contributed by atoms with van der Waals surface area (Å²) in [5, 5.41) is 1.51. The van der Waals surface area contributed by atoms with Crippen LogP contribution in [0.3, 0.4) is 0 Å². The van der Waals surface area contributed by atoms with Crippen LogP contribution in [0.15, 0.2) is 54.1 Å². The molecule has 2 aromatic rings. The molecule has 0 saturated carbocycles. The molecule has 0 N–H and O–H groups in total. The number of hydrogen-bond acceptors (Lipinski definition) is 0. The number of hydrogen-bond donors (Lipinski definition) is 0. The van der Waals surface area contributed by atoms with E-state index in [0.29, 0.717) is 0 Å². The van der Waals surface area contributed by atoms with Gasteiger partial charge in [-0.05, 0) is 11.1 Å². The minimum atomic E-state index is -1.24. The van der Waals surface area contributed by atoms with Gasteiger partial charge >= 0.3 is 18.9 Å². The molecule has 0 radical (unpaired) electrons. The molecule has 1 aliphatic carbocycles. The zero-order chi connectivity index (χ0) is 17.8. The normalized spacial score (nSPS) is 17.6. The molecule has 0 spiro atoms. The number of fused-ring (bicyclic) bond motifs is 1. The first-order valence-corrected chi connectivity index (χ1v) is 12.4. The van der Waals surface area contributed by atoms with Gasteiger partial charge in [-0.3, -0.25) is 0 Å². The summed E-state index contributed by atoms with van der Waals surface area (Å²) in [6.45, 7) is 16.5. The van der Waals surface area contributed by atoms with E-state index in [0.717, 1.165) is 0 Å². The summed E-state index contributed by atoms with van der Waals surface area (Å²) >= 11 is 0. The van der Waals surface area contributed by atoms with Gasteiger partial charge < -0.3 is 0 Å². The predicted molar refractivity (Wildman–Crippen MR) is 108 cm³/mol. The van der Waals surface area contributed by atoms with Crippen LogP contribution in [0.25, 0.3) is 0 Å². The van der Waals surface area contributed by atoms with Gasteiger partial charge in [0, 0.05) is 10.8 Å². The van der Waals surface area contributed by atoms with Gasteiger partial charge in [0.05, 0.1) is 8.07 Å². The Hall–Kier alpha value is -1.01. The summed E-state index contributed by atoms with van der Waals surface area (Å²) in [5.74, 6) is 0. The zero-order valence-corrected chi connectivity index (χ0v) is 18.1. The minimum absolute atomic E-state index is 0. The molecule has 0 heterocycles. The van der Waals surface area contributed by atoms with Crippen LogP contribution in [0.5, 0.6) is 0 Å². The van der Waals surface area contributed by atoms with Crippen molar-refractivity contribution >= 4 is 13.3 Å². The largest absolute Gasteiger partial charge is 1.00 e. The molecule has 1 aliphatic rings. The smallest absolute Gasteiger partial charge is 0.193 e. The molecule has 0 fully saturated rings. The van der Waals surface area contributed by atoms with Crippen LogP contribution in [0.4, 0.5) is 0 Å². The summed E-state index contributed by atoms with van der Waals surface area (Å²) in [6.07, 6.45) is 3.78. The summed E-state index contributed by atoms with van der Waals surface area (Å²) in [4.78, 5) is 0. The molecule has 0 bridgehead atoms. The summed E-state index contributed by atoms with van der Waals surface area (Å²) in [7, 11) is -1.24. The van der Waals surface area contributed by atoms with E-state index in [-0.39, 0.29) is 29.7 Å². The fraction of sp³-hybridized carbons (Fsp3) is 0.391. The van der Waals surface area contributed by atoms with Crippen LogP contribution in [-0.2, 0) is 10.8 Å². The number of benzene rings is 2. The van der Waals surface area contributed by atoms with Crippen molar-refractivity contribution in [2.45, 2.75) is 58.2 Å². The Labute approximate surface area is 166 Å². The zero-order valence-electron chi connectivity index (χ0n) is 17.1. The fourth-order valence-electron chi connectivity index (χ4n) is 4.13. The molecule has 0 aromatic heterocycles. The Morgan fingerprint density at radius 3 is 1.56 bits per heavy atom. The SMILES string of the molecule is CC1(C)C(=[C-]c2ccc([Si](C)(C)C)cc2)C(C)(C)c2ccccc21.[Li+]. The van der Waals surface area contributed by atoms with Crippen LogP contribution >= 0.6 is 0 Å². The summed E-state index contributed by atoms with van der Waals surface area (Å²) in [5.41, 5.74) is 5.51. The Bertz CT molecular complexity index is 753. The second-order valence-corrected chi connectivity index (χ2v) is 14.2.